The number of hydrogen-bond donors (Lipinski definition) is 1. The molecule has 1 atom stereocenters. The Bertz CT molecular complexity index is 2720. The monoisotopic (exact) mass is 832 g/mol. The van der Waals surface area contributed by atoms with Crippen LogP contribution in [0.25, 0.3) is 0 Å². The highest BCUT2D eigenvalue weighted by molar-refractivity contribution is 6.08. The number of anilines is 6. The molecular weight excluding hydrogens is 781 g/mol. The lowest BCUT2D eigenvalue weighted by Gasteiger charge is -2.29. The molecule has 2 aliphatic carbocycles. The van der Waals surface area contributed by atoms with Crippen LogP contribution >= 0.6 is 0 Å². The van der Waals surface area contributed by atoms with E-state index in [2.05, 4.69) is 251 Å². The minimum atomic E-state index is -0.354. The van der Waals surface area contributed by atoms with Crippen molar-refractivity contribution in [2.45, 2.75) is 38.3 Å². The maximum absolute atomic E-state index is 5.29. The zero-order chi connectivity index (χ0) is 43.3. The molecule has 6 aromatic rings. The van der Waals surface area contributed by atoms with Crippen LogP contribution in [0.2, 0.25) is 0 Å². The van der Waals surface area contributed by atoms with Gasteiger partial charge in [-0.1, -0.05) is 128 Å². The summed E-state index contributed by atoms with van der Waals surface area (Å²) in [6, 6.07) is 59.4. The molecule has 0 fully saturated rings. The van der Waals surface area contributed by atoms with E-state index in [1.807, 2.05) is 6.08 Å². The van der Waals surface area contributed by atoms with Crippen LogP contribution in [0.4, 0.5) is 34.1 Å². The highest BCUT2D eigenvalue weighted by Crippen LogP contribution is 2.37. The van der Waals surface area contributed by atoms with E-state index >= 15 is 0 Å². The average molecular weight is 833 g/mol. The van der Waals surface area contributed by atoms with Gasteiger partial charge in [-0.05, 0) is 140 Å². The number of nitrogens with one attached hydrogen (secondary N) is 1. The lowest BCUT2D eigenvalue weighted by molar-refractivity contribution is 0.667. The van der Waals surface area contributed by atoms with Crippen LogP contribution in [0, 0.1) is 0 Å². The first-order valence-corrected chi connectivity index (χ1v) is 22.2. The largest absolute Gasteiger partial charge is 0.348 e. The van der Waals surface area contributed by atoms with Crippen LogP contribution in [0.3, 0.4) is 0 Å². The first kappa shape index (κ1) is 41.4. The summed E-state index contributed by atoms with van der Waals surface area (Å²) in [5, 5.41) is 3.71. The molecule has 0 spiro atoms. The molecule has 9 rings (SSSR count). The van der Waals surface area contributed by atoms with Crippen molar-refractivity contribution in [3.8, 4) is 0 Å². The maximum atomic E-state index is 5.29. The van der Waals surface area contributed by atoms with Crippen LogP contribution in [-0.4, -0.2) is 11.7 Å². The Kier molecular flexibility index (Phi) is 13.1. The molecule has 0 amide bonds. The molecule has 314 valence electrons. The van der Waals surface area contributed by atoms with Crippen molar-refractivity contribution in [3.63, 3.8) is 0 Å². The van der Waals surface area contributed by atoms with Crippen LogP contribution in [0.1, 0.15) is 49.4 Å². The second-order valence-corrected chi connectivity index (χ2v) is 15.7. The fourth-order valence-electron chi connectivity index (χ4n) is 8.31. The molecule has 3 aliphatic rings. The van der Waals surface area contributed by atoms with Gasteiger partial charge in [-0.2, -0.15) is 0 Å². The minimum absolute atomic E-state index is 0.354. The molecule has 6 aromatic carbocycles. The number of aliphatic imine (C=N–C) groups is 2. The first-order valence-electron chi connectivity index (χ1n) is 22.2. The lowest BCUT2D eigenvalue weighted by atomic mass is 10.1. The fourth-order valence-corrected chi connectivity index (χ4v) is 8.31. The Labute approximate surface area is 378 Å². The fraction of sp³-hybridized carbons (Fsp3) is 0.103. The van der Waals surface area contributed by atoms with E-state index in [1.165, 1.54) is 5.70 Å². The molecule has 0 bridgehead atoms. The van der Waals surface area contributed by atoms with Crippen molar-refractivity contribution < 1.29 is 0 Å². The molecule has 6 nitrogen and oxygen atoms in total. The van der Waals surface area contributed by atoms with E-state index in [9.17, 15) is 0 Å². The number of nitrogens with zero attached hydrogens (tertiary/aromatic N) is 5. The Morgan fingerprint density at radius 3 is 1.78 bits per heavy atom. The topological polar surface area (TPSA) is 46.5 Å². The Balaban J connectivity index is 1.05. The van der Waals surface area contributed by atoms with Gasteiger partial charge in [0, 0.05) is 63.2 Å². The molecule has 1 aliphatic heterocycles. The summed E-state index contributed by atoms with van der Waals surface area (Å²) in [5.41, 5.74) is 12.0. The third-order valence-corrected chi connectivity index (χ3v) is 11.4. The molecular formula is C58H52N6. The number of amidine groups is 2. The van der Waals surface area contributed by atoms with Gasteiger partial charge in [0.25, 0.3) is 0 Å². The average Bonchev–Trinajstić information content (AvgIpc) is 3.37. The zero-order valence-electron chi connectivity index (χ0n) is 36.0. The highest BCUT2D eigenvalue weighted by Gasteiger charge is 2.22. The van der Waals surface area contributed by atoms with E-state index in [0.717, 1.165) is 88.2 Å². The molecule has 1 heterocycles. The predicted octanol–water partition coefficient (Wildman–Crippen LogP) is 14.7. The predicted molar refractivity (Wildman–Crippen MR) is 270 cm³/mol. The molecule has 0 saturated heterocycles. The second kappa shape index (κ2) is 20.3. The number of allylic oxidation sites excluding steroid dienone is 10. The van der Waals surface area contributed by atoms with Gasteiger partial charge in [0.15, 0.2) is 5.84 Å². The summed E-state index contributed by atoms with van der Waals surface area (Å²) in [6.07, 6.45) is 25.9. The summed E-state index contributed by atoms with van der Waals surface area (Å²) in [7, 11) is 0. The Morgan fingerprint density at radius 2 is 1.20 bits per heavy atom. The van der Waals surface area contributed by atoms with E-state index in [1.54, 1.807) is 0 Å². The van der Waals surface area contributed by atoms with Crippen molar-refractivity contribution in [1.29, 1.82) is 0 Å². The molecule has 1 N–H and O–H groups in total. The summed E-state index contributed by atoms with van der Waals surface area (Å²) in [5.74, 6) is 1.52. The molecule has 0 aromatic heterocycles. The van der Waals surface area contributed by atoms with E-state index in [-0.39, 0.29) is 6.17 Å². The van der Waals surface area contributed by atoms with Gasteiger partial charge in [-0.15, -0.1) is 0 Å². The summed E-state index contributed by atoms with van der Waals surface area (Å²) >= 11 is 0. The SMILES string of the molecule is C=C/C=C(\C=C/CC1=NC(c2ccc(N(C3=CC=CCC3)c3ccccc3)cc2)=NC(c2ccc(N(c3ccccc3)c3ccccc3)cc2)N1)N(C1=CCCC=C1)c1ccccc1. The summed E-state index contributed by atoms with van der Waals surface area (Å²) < 4.78 is 0. The van der Waals surface area contributed by atoms with E-state index < -0.39 is 0 Å². The summed E-state index contributed by atoms with van der Waals surface area (Å²) in [6.45, 7) is 4.08. The minimum Gasteiger partial charge on any atom is -0.348 e. The van der Waals surface area contributed by atoms with Gasteiger partial charge in [0.05, 0.1) is 0 Å². The zero-order valence-corrected chi connectivity index (χ0v) is 36.0. The lowest BCUT2D eigenvalue weighted by Crippen LogP contribution is -2.32. The number of hydrogen-bond acceptors (Lipinski definition) is 6. The van der Waals surface area contributed by atoms with Crippen LogP contribution in [0.15, 0.2) is 264 Å². The third-order valence-electron chi connectivity index (χ3n) is 11.4. The highest BCUT2D eigenvalue weighted by atomic mass is 15.2. The second-order valence-electron chi connectivity index (χ2n) is 15.7. The Hall–Kier alpha value is -7.96. The molecule has 1 unspecified atom stereocenters. The van der Waals surface area contributed by atoms with E-state index in [0.29, 0.717) is 12.3 Å². The van der Waals surface area contributed by atoms with Crippen molar-refractivity contribution >= 4 is 45.8 Å². The molecule has 64 heavy (non-hydrogen) atoms. The maximum Gasteiger partial charge on any atom is 0.159 e. The van der Waals surface area contributed by atoms with Crippen molar-refractivity contribution in [1.82, 2.24) is 5.32 Å². The van der Waals surface area contributed by atoms with Crippen LogP contribution in [0.5, 0.6) is 0 Å². The number of para-hydroxylation sites is 4. The van der Waals surface area contributed by atoms with Gasteiger partial charge in [-0.25, -0.2) is 9.98 Å². The quantitative estimate of drug-likeness (QED) is 0.105. The van der Waals surface area contributed by atoms with Gasteiger partial charge >= 0.3 is 0 Å². The van der Waals surface area contributed by atoms with Crippen LogP contribution < -0.4 is 20.0 Å². The number of benzene rings is 6. The van der Waals surface area contributed by atoms with Crippen molar-refractivity contribution in [2.24, 2.45) is 9.98 Å². The smallest absolute Gasteiger partial charge is 0.159 e. The van der Waals surface area contributed by atoms with Gasteiger partial charge in [-0.3, -0.25) is 0 Å². The number of rotatable bonds is 15. The molecule has 0 radical (unpaired) electrons. The van der Waals surface area contributed by atoms with E-state index in [4.69, 9.17) is 9.98 Å². The van der Waals surface area contributed by atoms with Crippen molar-refractivity contribution in [3.05, 3.63) is 265 Å². The summed E-state index contributed by atoms with van der Waals surface area (Å²) in [4.78, 5) is 17.4. The normalized spacial score (nSPS) is 15.9. The molecule has 6 heteroatoms. The Morgan fingerprint density at radius 1 is 0.625 bits per heavy atom. The van der Waals surface area contributed by atoms with Gasteiger partial charge in [0.2, 0.25) is 0 Å². The van der Waals surface area contributed by atoms with Gasteiger partial charge < -0.3 is 20.0 Å². The van der Waals surface area contributed by atoms with Crippen LogP contribution in [-0.2, 0) is 0 Å². The standard InChI is InChI=1S/C58H52N6/c1-2-22-47(62(48-23-9-3-10-24-48)49-25-11-4-12-26-49)35-21-36-56-59-57(45-37-41-54(42-38-45)63(50-27-13-5-14-28-50)51-29-15-6-16-30-51)61-58(60-56)46-39-43-55(44-40-46)64(52-31-17-7-18-32-52)53-33-19-8-20-34-53/h2-3,5-11,13-19,21-33,35,37-44,57H,1,4,12,20,34,36H2,(H,59,60,61)/b35-21-,47-22+. The molecule has 0 saturated carbocycles. The van der Waals surface area contributed by atoms with Crippen molar-refractivity contribution in [2.75, 3.05) is 14.7 Å². The first-order chi connectivity index (χ1) is 31.7. The third kappa shape index (κ3) is 9.72. The van der Waals surface area contributed by atoms with Gasteiger partial charge in [0.1, 0.15) is 12.0 Å².